The minimum atomic E-state index is 0.618. The first-order valence-electron chi connectivity index (χ1n) is 7.33. The molecular formula is C17H27N3S2. The van der Waals surface area contributed by atoms with Gasteiger partial charge in [-0.3, -0.25) is 0 Å². The van der Waals surface area contributed by atoms with Gasteiger partial charge in [0.2, 0.25) is 0 Å². The molecule has 0 spiro atoms. The van der Waals surface area contributed by atoms with Crippen LogP contribution < -0.4 is 0 Å². The normalized spacial score (nSPS) is 11.4. The molecular weight excluding hydrogens is 310 g/mol. The Morgan fingerprint density at radius 1 is 0.909 bits per heavy atom. The molecule has 0 saturated heterocycles. The van der Waals surface area contributed by atoms with Crippen LogP contribution in [0.5, 0.6) is 0 Å². The van der Waals surface area contributed by atoms with Crippen LogP contribution in [-0.2, 0) is 0 Å². The summed E-state index contributed by atoms with van der Waals surface area (Å²) >= 11 is 10.7. The van der Waals surface area contributed by atoms with Crippen molar-refractivity contribution in [1.82, 2.24) is 14.7 Å². The van der Waals surface area contributed by atoms with Crippen molar-refractivity contribution in [1.29, 1.82) is 0 Å². The molecule has 0 N–H and O–H groups in total. The Hall–Kier alpha value is -1.38. The third-order valence-electron chi connectivity index (χ3n) is 3.06. The summed E-state index contributed by atoms with van der Waals surface area (Å²) in [6, 6.07) is 0. The summed E-state index contributed by atoms with van der Waals surface area (Å²) in [5.41, 5.74) is 1.96. The van der Waals surface area contributed by atoms with Crippen LogP contribution in [0.15, 0.2) is 23.4 Å². The average molecular weight is 338 g/mol. The summed E-state index contributed by atoms with van der Waals surface area (Å²) in [6.07, 6.45) is 4.00. The van der Waals surface area contributed by atoms with Crippen LogP contribution in [0.2, 0.25) is 0 Å². The summed E-state index contributed by atoms with van der Waals surface area (Å²) in [4.78, 5) is 7.46. The lowest BCUT2D eigenvalue weighted by molar-refractivity contribution is 0.474. The maximum atomic E-state index is 5.51. The molecule has 0 aromatic heterocycles. The molecule has 0 unspecified atom stereocenters. The molecule has 0 fully saturated rings. The van der Waals surface area contributed by atoms with E-state index in [0.29, 0.717) is 4.99 Å². The second-order valence-electron chi connectivity index (χ2n) is 5.22. The fourth-order valence-electron chi connectivity index (χ4n) is 1.57. The van der Waals surface area contributed by atoms with E-state index in [4.69, 9.17) is 24.4 Å². The van der Waals surface area contributed by atoms with Gasteiger partial charge in [0, 0.05) is 41.3 Å². The van der Waals surface area contributed by atoms with Crippen molar-refractivity contribution >= 4 is 34.4 Å². The summed E-state index contributed by atoms with van der Waals surface area (Å²) in [7, 11) is 7.71. The van der Waals surface area contributed by atoms with Crippen LogP contribution in [0, 0.1) is 11.8 Å². The van der Waals surface area contributed by atoms with Crippen LogP contribution >= 0.6 is 24.4 Å². The molecule has 0 rings (SSSR count). The van der Waals surface area contributed by atoms with Crippen LogP contribution in [0.4, 0.5) is 0 Å². The fraction of sp³-hybridized carbons (Fsp3) is 0.529. The summed E-state index contributed by atoms with van der Waals surface area (Å²) in [5, 5.41) is 0. The molecule has 0 heterocycles. The van der Waals surface area contributed by atoms with E-state index in [0.717, 1.165) is 29.3 Å². The Labute approximate surface area is 146 Å². The van der Waals surface area contributed by atoms with Gasteiger partial charge in [-0.05, 0) is 44.3 Å². The highest BCUT2D eigenvalue weighted by Gasteiger charge is 2.06. The van der Waals surface area contributed by atoms with Crippen molar-refractivity contribution in [2.75, 3.05) is 41.3 Å². The first-order chi connectivity index (χ1) is 10.2. The number of thiocarbonyl (C=S) groups is 2. The van der Waals surface area contributed by atoms with Crippen molar-refractivity contribution in [2.24, 2.45) is 0 Å². The first-order valence-corrected chi connectivity index (χ1v) is 8.14. The maximum absolute atomic E-state index is 5.51. The number of hydrogen-bond acceptors (Lipinski definition) is 3. The highest BCUT2D eigenvalue weighted by atomic mass is 32.1. The van der Waals surface area contributed by atoms with Crippen LogP contribution in [0.1, 0.15) is 20.8 Å². The first kappa shape index (κ1) is 20.6. The Morgan fingerprint density at radius 3 is 1.86 bits per heavy atom. The topological polar surface area (TPSA) is 9.72 Å². The van der Waals surface area contributed by atoms with Crippen LogP contribution in [0.25, 0.3) is 0 Å². The summed E-state index contributed by atoms with van der Waals surface area (Å²) < 4.78 is 0. The van der Waals surface area contributed by atoms with Gasteiger partial charge in [0.25, 0.3) is 0 Å². The monoisotopic (exact) mass is 337 g/mol. The predicted octanol–water partition coefficient (Wildman–Crippen LogP) is 2.94. The van der Waals surface area contributed by atoms with Crippen LogP contribution in [0.3, 0.4) is 0 Å². The highest BCUT2D eigenvalue weighted by molar-refractivity contribution is 7.81. The zero-order chi connectivity index (χ0) is 17.3. The van der Waals surface area contributed by atoms with E-state index < -0.39 is 0 Å². The number of likely N-dealkylation sites (N-methyl/N-ethyl adjacent to an activating group) is 1. The van der Waals surface area contributed by atoms with E-state index in [9.17, 15) is 0 Å². The number of nitrogens with zero attached hydrogens (tertiary/aromatic N) is 3. The van der Waals surface area contributed by atoms with Gasteiger partial charge in [0.05, 0.1) is 5.70 Å². The lowest BCUT2D eigenvalue weighted by atomic mass is 10.2. The van der Waals surface area contributed by atoms with Crippen molar-refractivity contribution < 1.29 is 0 Å². The molecule has 0 aliphatic carbocycles. The lowest BCUT2D eigenvalue weighted by Crippen LogP contribution is -2.29. The fourth-order valence-corrected chi connectivity index (χ4v) is 1.94. The van der Waals surface area contributed by atoms with Crippen LogP contribution in [-0.4, -0.2) is 66.0 Å². The van der Waals surface area contributed by atoms with Gasteiger partial charge in [-0.1, -0.05) is 30.5 Å². The standard InChI is InChI=1S/C17H27N3S2/c1-8-20(9-2)17(22)14(3)10-11-15(18(4)5)12-13-16(21)19(6)7/h10-11H,8-9H2,1-7H3/b14-10-,15-11-. The van der Waals surface area contributed by atoms with Crippen molar-refractivity contribution in [3.05, 3.63) is 23.4 Å². The largest absolute Gasteiger partial charge is 0.371 e. The molecule has 122 valence electrons. The van der Waals surface area contributed by atoms with E-state index in [2.05, 4.69) is 30.6 Å². The molecule has 22 heavy (non-hydrogen) atoms. The van der Waals surface area contributed by atoms with Gasteiger partial charge in [0.15, 0.2) is 4.99 Å². The second kappa shape index (κ2) is 10.4. The van der Waals surface area contributed by atoms with Crippen molar-refractivity contribution in [2.45, 2.75) is 20.8 Å². The number of allylic oxidation sites excluding steroid dienone is 3. The SMILES string of the molecule is CCN(CC)C(=S)/C(C)=C\C=C(\C#CC(=S)N(C)C)N(C)C. The summed E-state index contributed by atoms with van der Waals surface area (Å²) in [5.74, 6) is 6.09. The summed E-state index contributed by atoms with van der Waals surface area (Å²) in [6.45, 7) is 8.08. The van der Waals surface area contributed by atoms with Crippen molar-refractivity contribution in [3.8, 4) is 11.8 Å². The Balaban J connectivity index is 5.28. The van der Waals surface area contributed by atoms with Gasteiger partial charge in [-0.2, -0.15) is 0 Å². The van der Waals surface area contributed by atoms with E-state index >= 15 is 0 Å². The highest BCUT2D eigenvalue weighted by Crippen LogP contribution is 2.06. The van der Waals surface area contributed by atoms with Gasteiger partial charge < -0.3 is 14.7 Å². The van der Waals surface area contributed by atoms with E-state index in [1.54, 1.807) is 0 Å². The molecule has 0 bridgehead atoms. The molecule has 0 amide bonds. The smallest absolute Gasteiger partial charge is 0.153 e. The molecule has 3 nitrogen and oxygen atoms in total. The Kier molecular flexibility index (Phi) is 9.71. The van der Waals surface area contributed by atoms with E-state index in [1.165, 1.54) is 0 Å². The van der Waals surface area contributed by atoms with Gasteiger partial charge in [-0.25, -0.2) is 0 Å². The minimum absolute atomic E-state index is 0.618. The van der Waals surface area contributed by atoms with E-state index in [-0.39, 0.29) is 0 Å². The molecule has 5 heteroatoms. The molecule has 0 radical (unpaired) electrons. The zero-order valence-electron chi connectivity index (χ0n) is 14.7. The van der Waals surface area contributed by atoms with Gasteiger partial charge >= 0.3 is 0 Å². The quantitative estimate of drug-likeness (QED) is 0.329. The number of rotatable bonds is 5. The van der Waals surface area contributed by atoms with Gasteiger partial charge in [0.1, 0.15) is 4.99 Å². The van der Waals surface area contributed by atoms with Crippen molar-refractivity contribution in [3.63, 3.8) is 0 Å². The molecule has 0 aliphatic rings. The minimum Gasteiger partial charge on any atom is -0.371 e. The zero-order valence-corrected chi connectivity index (χ0v) is 16.4. The average Bonchev–Trinajstić information content (AvgIpc) is 2.47. The second-order valence-corrected chi connectivity index (χ2v) is 6.00. The molecule has 0 aromatic carbocycles. The predicted molar refractivity (Wildman–Crippen MR) is 105 cm³/mol. The number of hydrogen-bond donors (Lipinski definition) is 0. The van der Waals surface area contributed by atoms with Gasteiger partial charge in [-0.15, -0.1) is 0 Å². The Bertz CT molecular complexity index is 516. The maximum Gasteiger partial charge on any atom is 0.153 e. The molecule has 0 atom stereocenters. The molecule has 0 aromatic rings. The Morgan fingerprint density at radius 2 is 1.45 bits per heavy atom. The lowest BCUT2D eigenvalue weighted by Gasteiger charge is -2.22. The third kappa shape index (κ3) is 7.06. The van der Waals surface area contributed by atoms with E-state index in [1.807, 2.05) is 57.1 Å². The molecule has 0 aliphatic heterocycles. The third-order valence-corrected chi connectivity index (χ3v) is 4.11. The molecule has 0 saturated carbocycles.